The van der Waals surface area contributed by atoms with Gasteiger partial charge < -0.3 is 5.32 Å². The van der Waals surface area contributed by atoms with Crippen molar-refractivity contribution in [2.45, 2.75) is 6.92 Å². The number of nitrogens with zero attached hydrogens (tertiary/aromatic N) is 2. The second-order valence-electron chi connectivity index (χ2n) is 2.52. The van der Waals surface area contributed by atoms with Crippen molar-refractivity contribution < 1.29 is 4.39 Å². The molecule has 0 aliphatic carbocycles. The van der Waals surface area contributed by atoms with Gasteiger partial charge in [0.15, 0.2) is 0 Å². The lowest BCUT2D eigenvalue weighted by Gasteiger charge is -1.99. The van der Waals surface area contributed by atoms with Crippen LogP contribution in [0.3, 0.4) is 0 Å². The first-order valence-corrected chi connectivity index (χ1v) is 4.35. The van der Waals surface area contributed by atoms with Gasteiger partial charge in [0.25, 0.3) is 0 Å². The van der Waals surface area contributed by atoms with Crippen LogP contribution in [0.15, 0.2) is 34.3 Å². The fraction of sp³-hybridized carbons (Fsp3) is 0.200. The highest BCUT2D eigenvalue weighted by atomic mass is 19.1. The average Bonchev–Trinajstić information content (AvgIpc) is 2.20. The Labute approximate surface area is 82.4 Å². The molecule has 0 saturated heterocycles. The van der Waals surface area contributed by atoms with E-state index >= 15 is 0 Å². The molecule has 0 spiro atoms. The summed E-state index contributed by atoms with van der Waals surface area (Å²) in [6, 6.07) is 6.41. The zero-order chi connectivity index (χ0) is 10.2. The summed E-state index contributed by atoms with van der Waals surface area (Å²) in [6.45, 7) is 2.60. The van der Waals surface area contributed by atoms with E-state index in [4.69, 9.17) is 0 Å². The first kappa shape index (κ1) is 10.4. The zero-order valence-electron chi connectivity index (χ0n) is 7.94. The van der Waals surface area contributed by atoms with Gasteiger partial charge in [-0.3, -0.25) is 4.99 Å². The molecule has 0 atom stereocenters. The fourth-order valence-corrected chi connectivity index (χ4v) is 0.847. The molecule has 0 heterocycles. The Balaban J connectivity index is 2.49. The van der Waals surface area contributed by atoms with Crippen molar-refractivity contribution in [3.05, 3.63) is 30.1 Å². The maximum Gasteiger partial charge on any atom is 0.146 e. The number of nitrogens with one attached hydrogen (secondary N) is 1. The Hall–Kier alpha value is -1.71. The molecule has 0 aromatic heterocycles. The van der Waals surface area contributed by atoms with Gasteiger partial charge in [-0.05, 0) is 19.1 Å². The summed E-state index contributed by atoms with van der Waals surface area (Å²) in [7, 11) is 0. The van der Waals surface area contributed by atoms with E-state index in [9.17, 15) is 4.39 Å². The monoisotopic (exact) mass is 193 g/mol. The predicted octanol–water partition coefficient (Wildman–Crippen LogP) is 2.31. The van der Waals surface area contributed by atoms with Crippen LogP contribution < -0.4 is 5.32 Å². The minimum atomic E-state index is -0.300. The quantitative estimate of drug-likeness (QED) is 0.578. The Kier molecular flexibility index (Phi) is 4.34. The molecule has 14 heavy (non-hydrogen) atoms. The number of hydrogen-bond donors (Lipinski definition) is 1. The second-order valence-corrected chi connectivity index (χ2v) is 2.52. The normalized spacial score (nSPS) is 11.3. The van der Waals surface area contributed by atoms with Gasteiger partial charge in [0, 0.05) is 6.54 Å². The largest absolute Gasteiger partial charge is 0.344 e. The molecule has 4 heteroatoms. The van der Waals surface area contributed by atoms with Crippen molar-refractivity contribution in [2.75, 3.05) is 11.9 Å². The van der Waals surface area contributed by atoms with E-state index in [0.29, 0.717) is 12.2 Å². The lowest BCUT2D eigenvalue weighted by atomic mass is 10.3. The smallest absolute Gasteiger partial charge is 0.146 e. The molecular formula is C10H12FN3. The molecular weight excluding hydrogens is 181 g/mol. The second kappa shape index (κ2) is 5.85. The lowest BCUT2D eigenvalue weighted by molar-refractivity contribution is 0.632. The summed E-state index contributed by atoms with van der Waals surface area (Å²) in [5.74, 6) is -0.300. The van der Waals surface area contributed by atoms with E-state index in [2.05, 4.69) is 15.3 Å². The van der Waals surface area contributed by atoms with Crippen LogP contribution in [0.4, 0.5) is 10.1 Å². The van der Waals surface area contributed by atoms with Crippen LogP contribution in [-0.2, 0) is 0 Å². The summed E-state index contributed by atoms with van der Waals surface area (Å²) in [5, 5.41) is 2.71. The Bertz CT molecular complexity index is 334. The highest BCUT2D eigenvalue weighted by molar-refractivity contribution is 5.81. The minimum absolute atomic E-state index is 0.300. The Morgan fingerprint density at radius 1 is 1.43 bits per heavy atom. The number of benzene rings is 1. The molecule has 1 rings (SSSR count). The third kappa shape index (κ3) is 3.35. The first-order valence-electron chi connectivity index (χ1n) is 4.35. The van der Waals surface area contributed by atoms with Crippen molar-refractivity contribution in [1.82, 2.24) is 0 Å². The molecule has 0 amide bonds. The van der Waals surface area contributed by atoms with Gasteiger partial charge in [-0.2, -0.15) is 0 Å². The molecule has 0 fully saturated rings. The van der Waals surface area contributed by atoms with Gasteiger partial charge in [-0.25, -0.2) is 9.38 Å². The first-order chi connectivity index (χ1) is 6.84. The van der Waals surface area contributed by atoms with Gasteiger partial charge in [0.2, 0.25) is 0 Å². The van der Waals surface area contributed by atoms with Crippen LogP contribution in [0.1, 0.15) is 6.92 Å². The van der Waals surface area contributed by atoms with Gasteiger partial charge in [-0.15, -0.1) is 0 Å². The molecule has 1 aromatic rings. The van der Waals surface area contributed by atoms with Crippen molar-refractivity contribution in [1.29, 1.82) is 0 Å². The van der Waals surface area contributed by atoms with Crippen molar-refractivity contribution in [3.63, 3.8) is 0 Å². The lowest BCUT2D eigenvalue weighted by Crippen LogP contribution is -1.97. The molecule has 3 nitrogen and oxygen atoms in total. The van der Waals surface area contributed by atoms with E-state index in [-0.39, 0.29) is 5.82 Å². The van der Waals surface area contributed by atoms with Crippen molar-refractivity contribution in [3.8, 4) is 0 Å². The summed E-state index contributed by atoms with van der Waals surface area (Å²) in [4.78, 5) is 7.67. The van der Waals surface area contributed by atoms with Crippen LogP contribution in [0, 0.1) is 5.82 Å². The highest BCUT2D eigenvalue weighted by Gasteiger charge is 1.95. The molecule has 1 aromatic carbocycles. The summed E-state index contributed by atoms with van der Waals surface area (Å²) in [6.07, 6.45) is 2.82. The molecule has 74 valence electrons. The van der Waals surface area contributed by atoms with Crippen LogP contribution in [0.25, 0.3) is 0 Å². The molecule has 0 saturated carbocycles. The summed E-state index contributed by atoms with van der Waals surface area (Å²) < 4.78 is 13.0. The number of halogens is 1. The maximum absolute atomic E-state index is 13.0. The Morgan fingerprint density at radius 3 is 2.93 bits per heavy atom. The number of rotatable bonds is 4. The van der Waals surface area contributed by atoms with E-state index in [1.165, 1.54) is 18.7 Å². The maximum atomic E-state index is 13.0. The Morgan fingerprint density at radius 2 is 2.21 bits per heavy atom. The topological polar surface area (TPSA) is 36.8 Å². The number of anilines is 1. The summed E-state index contributed by atoms with van der Waals surface area (Å²) >= 11 is 0. The van der Waals surface area contributed by atoms with Gasteiger partial charge in [0.1, 0.15) is 12.2 Å². The molecule has 0 aliphatic heterocycles. The molecule has 0 unspecified atom stereocenters. The van der Waals surface area contributed by atoms with E-state index in [1.807, 2.05) is 6.92 Å². The molecule has 1 N–H and O–H groups in total. The SMILES string of the molecule is CCN=CN=CNc1ccccc1F. The van der Waals surface area contributed by atoms with E-state index in [0.717, 1.165) is 0 Å². The van der Waals surface area contributed by atoms with Crippen LogP contribution in [-0.4, -0.2) is 19.2 Å². The van der Waals surface area contributed by atoms with Crippen molar-refractivity contribution in [2.24, 2.45) is 9.98 Å². The standard InChI is InChI=1S/C10H12FN3/c1-2-12-7-13-8-14-10-6-4-3-5-9(10)11/h3-8H,2H2,1H3,(H,12,13,14). The highest BCUT2D eigenvalue weighted by Crippen LogP contribution is 2.10. The van der Waals surface area contributed by atoms with Crippen molar-refractivity contribution >= 4 is 18.4 Å². The van der Waals surface area contributed by atoms with Crippen LogP contribution in [0.5, 0.6) is 0 Å². The molecule has 0 bridgehead atoms. The zero-order valence-corrected chi connectivity index (χ0v) is 7.94. The van der Waals surface area contributed by atoms with Crippen LogP contribution in [0.2, 0.25) is 0 Å². The van der Waals surface area contributed by atoms with E-state index in [1.54, 1.807) is 18.2 Å². The summed E-state index contributed by atoms with van der Waals surface area (Å²) in [5.41, 5.74) is 0.404. The van der Waals surface area contributed by atoms with Gasteiger partial charge in [0.05, 0.1) is 12.0 Å². The third-order valence-corrected chi connectivity index (χ3v) is 1.50. The predicted molar refractivity (Wildman–Crippen MR) is 57.5 cm³/mol. The minimum Gasteiger partial charge on any atom is -0.344 e. The van der Waals surface area contributed by atoms with E-state index < -0.39 is 0 Å². The van der Waals surface area contributed by atoms with Gasteiger partial charge >= 0.3 is 0 Å². The van der Waals surface area contributed by atoms with Crippen LogP contribution >= 0.6 is 0 Å². The third-order valence-electron chi connectivity index (χ3n) is 1.50. The number of para-hydroxylation sites is 1. The van der Waals surface area contributed by atoms with Gasteiger partial charge in [-0.1, -0.05) is 12.1 Å². The number of aliphatic imine (C=N–C) groups is 2. The number of hydrogen-bond acceptors (Lipinski definition) is 1. The molecule has 0 radical (unpaired) electrons. The fourth-order valence-electron chi connectivity index (χ4n) is 0.847. The molecule has 0 aliphatic rings. The average molecular weight is 193 g/mol.